The fourth-order valence-electron chi connectivity index (χ4n) is 1.61. The van der Waals surface area contributed by atoms with Crippen molar-refractivity contribution >= 4 is 17.7 Å². The van der Waals surface area contributed by atoms with Gasteiger partial charge in [0.05, 0.1) is 6.33 Å². The number of rotatable bonds is 4. The molecule has 21 heavy (non-hydrogen) atoms. The first-order chi connectivity index (χ1) is 9.69. The van der Waals surface area contributed by atoms with Crippen LogP contribution in [0.2, 0.25) is 5.02 Å². The molecule has 1 rings (SSSR count). The lowest BCUT2D eigenvalue weighted by molar-refractivity contribution is 0.0532. The molecular formula is C15H18ClF2NO2. The maximum absolute atomic E-state index is 13.2. The maximum atomic E-state index is 13.2. The van der Waals surface area contributed by atoms with Crippen molar-refractivity contribution in [2.75, 3.05) is 6.54 Å². The molecule has 3 nitrogen and oxygen atoms in total. The summed E-state index contributed by atoms with van der Waals surface area (Å²) in [5.74, 6) is -0.490. The summed E-state index contributed by atoms with van der Waals surface area (Å²) >= 11 is 5.73. The molecule has 0 aliphatic heterocycles. The van der Waals surface area contributed by atoms with Gasteiger partial charge in [0.1, 0.15) is 11.4 Å². The SMILES string of the molecule is CC(C)(C)OC(=O)NC/C(=C\F)Cc1cc(F)cc(Cl)c1. The Bertz CT molecular complexity index is 519. The first-order valence-corrected chi connectivity index (χ1v) is 6.77. The van der Waals surface area contributed by atoms with E-state index in [0.717, 1.165) is 0 Å². The van der Waals surface area contributed by atoms with E-state index in [-0.39, 0.29) is 23.6 Å². The Kier molecular flexibility index (Phi) is 6.15. The lowest BCUT2D eigenvalue weighted by atomic mass is 10.1. The molecule has 0 aliphatic carbocycles. The lowest BCUT2D eigenvalue weighted by Crippen LogP contribution is -2.33. The summed E-state index contributed by atoms with van der Waals surface area (Å²) in [7, 11) is 0. The van der Waals surface area contributed by atoms with Gasteiger partial charge in [0.25, 0.3) is 0 Å². The molecule has 0 unspecified atom stereocenters. The minimum Gasteiger partial charge on any atom is -0.444 e. The molecule has 0 heterocycles. The third kappa shape index (κ3) is 7.09. The molecule has 0 atom stereocenters. The number of carbonyl (C=O) groups is 1. The summed E-state index contributed by atoms with van der Waals surface area (Å²) in [6.45, 7) is 5.16. The van der Waals surface area contributed by atoms with Crippen molar-refractivity contribution in [3.05, 3.63) is 46.5 Å². The van der Waals surface area contributed by atoms with E-state index in [4.69, 9.17) is 16.3 Å². The highest BCUT2D eigenvalue weighted by atomic mass is 35.5. The zero-order chi connectivity index (χ0) is 16.0. The molecule has 1 N–H and O–H groups in total. The number of hydrogen-bond acceptors (Lipinski definition) is 2. The summed E-state index contributed by atoms with van der Waals surface area (Å²) in [4.78, 5) is 11.5. The molecule has 1 aromatic carbocycles. The van der Waals surface area contributed by atoms with Crippen molar-refractivity contribution in [3.8, 4) is 0 Å². The zero-order valence-electron chi connectivity index (χ0n) is 12.2. The number of carbonyl (C=O) groups excluding carboxylic acids is 1. The van der Waals surface area contributed by atoms with Crippen molar-refractivity contribution in [2.45, 2.75) is 32.8 Å². The Morgan fingerprint density at radius 1 is 1.38 bits per heavy atom. The lowest BCUT2D eigenvalue weighted by Gasteiger charge is -2.20. The van der Waals surface area contributed by atoms with E-state index in [9.17, 15) is 13.6 Å². The fraction of sp³-hybridized carbons (Fsp3) is 0.400. The van der Waals surface area contributed by atoms with Gasteiger partial charge < -0.3 is 10.1 Å². The third-order valence-corrected chi connectivity index (χ3v) is 2.58. The van der Waals surface area contributed by atoms with Gasteiger partial charge in [-0.2, -0.15) is 0 Å². The second kappa shape index (κ2) is 7.41. The average Bonchev–Trinajstić information content (AvgIpc) is 2.31. The van der Waals surface area contributed by atoms with Crippen LogP contribution in [0.5, 0.6) is 0 Å². The molecule has 0 fully saturated rings. The number of hydrogen-bond donors (Lipinski definition) is 1. The number of amides is 1. The van der Waals surface area contributed by atoms with Crippen LogP contribution in [0.15, 0.2) is 30.1 Å². The van der Waals surface area contributed by atoms with Crippen molar-refractivity contribution in [1.29, 1.82) is 0 Å². The van der Waals surface area contributed by atoms with E-state index in [2.05, 4.69) is 5.32 Å². The quantitative estimate of drug-likeness (QED) is 0.894. The smallest absolute Gasteiger partial charge is 0.407 e. The largest absolute Gasteiger partial charge is 0.444 e. The normalized spacial score (nSPS) is 12.2. The molecular weight excluding hydrogens is 300 g/mol. The summed E-state index contributed by atoms with van der Waals surface area (Å²) < 4.78 is 31.1. The molecule has 6 heteroatoms. The molecule has 116 valence electrons. The van der Waals surface area contributed by atoms with Crippen LogP contribution in [0.25, 0.3) is 0 Å². The molecule has 0 saturated heterocycles. The number of benzene rings is 1. The van der Waals surface area contributed by atoms with Gasteiger partial charge in [0.15, 0.2) is 0 Å². The minimum atomic E-state index is -0.640. The zero-order valence-corrected chi connectivity index (χ0v) is 12.9. The molecule has 0 aliphatic rings. The van der Waals surface area contributed by atoms with Gasteiger partial charge in [-0.05, 0) is 56.5 Å². The van der Waals surface area contributed by atoms with E-state index in [1.807, 2.05) is 0 Å². The highest BCUT2D eigenvalue weighted by molar-refractivity contribution is 6.30. The Balaban J connectivity index is 2.59. The number of alkyl carbamates (subject to hydrolysis) is 1. The Labute approximate surface area is 127 Å². The van der Waals surface area contributed by atoms with Gasteiger partial charge in [-0.15, -0.1) is 0 Å². The predicted molar refractivity (Wildman–Crippen MR) is 78.5 cm³/mol. The van der Waals surface area contributed by atoms with E-state index >= 15 is 0 Å². The van der Waals surface area contributed by atoms with Gasteiger partial charge in [-0.3, -0.25) is 0 Å². The van der Waals surface area contributed by atoms with E-state index in [1.54, 1.807) is 26.8 Å². The Hall–Kier alpha value is -1.62. The van der Waals surface area contributed by atoms with Gasteiger partial charge in [0, 0.05) is 11.6 Å². The highest BCUT2D eigenvalue weighted by Gasteiger charge is 2.16. The second-order valence-electron chi connectivity index (χ2n) is 5.58. The Morgan fingerprint density at radius 3 is 2.57 bits per heavy atom. The van der Waals surface area contributed by atoms with Crippen LogP contribution in [0.3, 0.4) is 0 Å². The summed E-state index contributed by atoms with van der Waals surface area (Å²) in [5.41, 5.74) is 0.178. The van der Waals surface area contributed by atoms with Crippen molar-refractivity contribution < 1.29 is 18.3 Å². The highest BCUT2D eigenvalue weighted by Crippen LogP contribution is 2.17. The van der Waals surface area contributed by atoms with Gasteiger partial charge in [-0.25, -0.2) is 13.6 Å². The van der Waals surface area contributed by atoms with Crippen molar-refractivity contribution in [2.24, 2.45) is 0 Å². The molecule has 0 aromatic heterocycles. The van der Waals surface area contributed by atoms with Crippen molar-refractivity contribution in [3.63, 3.8) is 0 Å². The minimum absolute atomic E-state index is 0.0282. The number of halogens is 3. The number of ether oxygens (including phenoxy) is 1. The van der Waals surface area contributed by atoms with Crippen LogP contribution in [0, 0.1) is 5.82 Å². The average molecular weight is 318 g/mol. The predicted octanol–water partition coefficient (Wildman–Crippen LogP) is 4.40. The molecule has 0 radical (unpaired) electrons. The second-order valence-corrected chi connectivity index (χ2v) is 6.01. The van der Waals surface area contributed by atoms with E-state index in [0.29, 0.717) is 11.9 Å². The first kappa shape index (κ1) is 17.4. The monoisotopic (exact) mass is 317 g/mol. The number of nitrogens with one attached hydrogen (secondary N) is 1. The standard InChI is InChI=1S/C15H18ClF2NO2/c1-15(2,3)21-14(20)19-9-11(8-17)4-10-5-12(16)7-13(18)6-10/h5-8H,4,9H2,1-3H3,(H,19,20)/b11-8-. The molecule has 0 saturated carbocycles. The van der Waals surface area contributed by atoms with E-state index < -0.39 is 17.5 Å². The molecule has 0 spiro atoms. The van der Waals surface area contributed by atoms with Gasteiger partial charge in [-0.1, -0.05) is 11.6 Å². The molecule has 1 aromatic rings. The van der Waals surface area contributed by atoms with Crippen LogP contribution in [0.4, 0.5) is 13.6 Å². The van der Waals surface area contributed by atoms with Gasteiger partial charge >= 0.3 is 6.09 Å². The molecule has 0 bridgehead atoms. The Morgan fingerprint density at radius 2 is 2.05 bits per heavy atom. The van der Waals surface area contributed by atoms with Gasteiger partial charge in [0.2, 0.25) is 0 Å². The third-order valence-electron chi connectivity index (χ3n) is 2.37. The fourth-order valence-corrected chi connectivity index (χ4v) is 1.86. The van der Waals surface area contributed by atoms with Crippen molar-refractivity contribution in [1.82, 2.24) is 5.32 Å². The summed E-state index contributed by atoms with van der Waals surface area (Å²) in [6, 6.07) is 3.98. The first-order valence-electron chi connectivity index (χ1n) is 6.39. The van der Waals surface area contributed by atoms with Crippen LogP contribution < -0.4 is 5.32 Å². The summed E-state index contributed by atoms with van der Waals surface area (Å²) in [6.07, 6.45) is -0.112. The van der Waals surface area contributed by atoms with Crippen LogP contribution in [-0.2, 0) is 11.2 Å². The molecule has 1 amide bonds. The van der Waals surface area contributed by atoms with Crippen LogP contribution >= 0.6 is 11.6 Å². The van der Waals surface area contributed by atoms with Crippen LogP contribution in [-0.4, -0.2) is 18.2 Å². The topological polar surface area (TPSA) is 38.3 Å². The maximum Gasteiger partial charge on any atom is 0.407 e. The van der Waals surface area contributed by atoms with Crippen LogP contribution in [0.1, 0.15) is 26.3 Å². The van der Waals surface area contributed by atoms with E-state index in [1.165, 1.54) is 12.1 Å². The summed E-state index contributed by atoms with van der Waals surface area (Å²) in [5, 5.41) is 2.68.